The molecule has 1 rings (SSSR count). The predicted octanol–water partition coefficient (Wildman–Crippen LogP) is -2.14. The number of rotatable bonds is 15. The van der Waals surface area contributed by atoms with Crippen LogP contribution in [0.25, 0.3) is 0 Å². The Bertz CT molecular complexity index is 820. The Labute approximate surface area is 195 Å². The average molecular weight is 486 g/mol. The number of hydrogen-bond acceptors (Lipinski definition) is 8. The second-order valence-electron chi connectivity index (χ2n) is 7.36. The van der Waals surface area contributed by atoms with Gasteiger partial charge in [0.05, 0.1) is 12.4 Å². The number of carbonyl (C=O) groups is 5. The third-order valence-electron chi connectivity index (χ3n) is 4.62. The number of nitrogens with one attached hydrogen (secondary N) is 4. The molecule has 0 aliphatic heterocycles. The summed E-state index contributed by atoms with van der Waals surface area (Å²) in [5, 5.41) is 16.3. The SMILES string of the molecule is CSCCC(NC(=O)C(CCC(N)=O)NC(=O)C(N)Cc1cnc[nH]1)C(=O)NC(C)C(=O)O. The molecule has 0 saturated carbocycles. The minimum Gasteiger partial charge on any atom is -0.480 e. The van der Waals surface area contributed by atoms with Gasteiger partial charge in [0, 0.05) is 24.7 Å². The molecule has 1 aromatic heterocycles. The summed E-state index contributed by atoms with van der Waals surface area (Å²) in [6.45, 7) is 1.30. The number of amides is 4. The Balaban J connectivity index is 2.89. The van der Waals surface area contributed by atoms with Gasteiger partial charge in [0.25, 0.3) is 0 Å². The molecule has 0 saturated heterocycles. The lowest BCUT2D eigenvalue weighted by atomic mass is 10.1. The number of nitrogens with zero attached hydrogens (tertiary/aromatic N) is 1. The molecule has 0 spiro atoms. The molecular weight excluding hydrogens is 454 g/mol. The molecule has 4 amide bonds. The van der Waals surface area contributed by atoms with Crippen LogP contribution in [0.3, 0.4) is 0 Å². The van der Waals surface area contributed by atoms with Crippen molar-refractivity contribution in [2.75, 3.05) is 12.0 Å². The monoisotopic (exact) mass is 485 g/mol. The highest BCUT2D eigenvalue weighted by atomic mass is 32.2. The van der Waals surface area contributed by atoms with Crippen molar-refractivity contribution in [1.82, 2.24) is 25.9 Å². The highest BCUT2D eigenvalue weighted by molar-refractivity contribution is 7.98. The van der Waals surface area contributed by atoms with Gasteiger partial charge in [0.15, 0.2) is 0 Å². The topological polar surface area (TPSA) is 222 Å². The van der Waals surface area contributed by atoms with Crippen LogP contribution in [0.1, 0.15) is 31.9 Å². The van der Waals surface area contributed by atoms with Crippen LogP contribution >= 0.6 is 11.8 Å². The minimum atomic E-state index is -1.23. The summed E-state index contributed by atoms with van der Waals surface area (Å²) >= 11 is 1.44. The number of nitrogens with two attached hydrogens (primary N) is 2. The summed E-state index contributed by atoms with van der Waals surface area (Å²) in [6.07, 6.45) is 4.83. The smallest absolute Gasteiger partial charge is 0.325 e. The van der Waals surface area contributed by atoms with Gasteiger partial charge >= 0.3 is 5.97 Å². The Hall–Kier alpha value is -3.13. The van der Waals surface area contributed by atoms with E-state index in [1.54, 1.807) is 0 Å². The Morgan fingerprint density at radius 3 is 2.24 bits per heavy atom. The molecule has 0 fully saturated rings. The molecule has 184 valence electrons. The van der Waals surface area contributed by atoms with E-state index in [4.69, 9.17) is 16.6 Å². The zero-order valence-corrected chi connectivity index (χ0v) is 19.3. The van der Waals surface area contributed by atoms with E-state index >= 15 is 0 Å². The number of aromatic amines is 1. The Morgan fingerprint density at radius 1 is 1.09 bits per heavy atom. The molecule has 0 radical (unpaired) electrons. The molecule has 0 bridgehead atoms. The number of aliphatic carboxylic acids is 1. The van der Waals surface area contributed by atoms with Crippen LogP contribution in [0.15, 0.2) is 12.5 Å². The summed E-state index contributed by atoms with van der Waals surface area (Å²) in [5.74, 6) is -3.43. The van der Waals surface area contributed by atoms with Crippen molar-refractivity contribution in [1.29, 1.82) is 0 Å². The maximum atomic E-state index is 12.9. The van der Waals surface area contributed by atoms with Crippen LogP contribution in [0.5, 0.6) is 0 Å². The first-order valence-corrected chi connectivity index (χ1v) is 11.6. The molecule has 33 heavy (non-hydrogen) atoms. The number of hydrogen-bond donors (Lipinski definition) is 7. The fourth-order valence-corrected chi connectivity index (χ4v) is 3.18. The van der Waals surface area contributed by atoms with Crippen LogP contribution < -0.4 is 27.4 Å². The number of thioether (sulfide) groups is 1. The lowest BCUT2D eigenvalue weighted by Crippen LogP contribution is -2.57. The van der Waals surface area contributed by atoms with Crippen LogP contribution in [0.2, 0.25) is 0 Å². The number of carboxylic acids is 1. The molecule has 14 heteroatoms. The maximum Gasteiger partial charge on any atom is 0.325 e. The highest BCUT2D eigenvalue weighted by Crippen LogP contribution is 2.05. The number of H-pyrrole nitrogens is 1. The standard InChI is InChI=1S/C19H31N7O6S/c1-10(19(31)32)24-17(29)14(5-6-33-2)26-18(30)13(3-4-15(21)27)25-16(28)12(20)7-11-8-22-9-23-11/h8-10,12-14H,3-7,20H2,1-2H3,(H2,21,27)(H,22,23)(H,24,29)(H,25,28)(H,26,30)(H,31,32). The van der Waals surface area contributed by atoms with Crippen molar-refractivity contribution in [3.8, 4) is 0 Å². The van der Waals surface area contributed by atoms with E-state index in [2.05, 4.69) is 25.9 Å². The number of primary amides is 1. The zero-order valence-electron chi connectivity index (χ0n) is 18.5. The first-order valence-electron chi connectivity index (χ1n) is 10.2. The third kappa shape index (κ3) is 10.4. The Kier molecular flexibility index (Phi) is 11.9. The molecule has 0 aromatic carbocycles. The summed E-state index contributed by atoms with van der Waals surface area (Å²) < 4.78 is 0. The molecule has 1 aromatic rings. The molecule has 0 aliphatic carbocycles. The van der Waals surface area contributed by atoms with Crippen molar-refractivity contribution >= 4 is 41.4 Å². The van der Waals surface area contributed by atoms with Crippen molar-refractivity contribution in [3.05, 3.63) is 18.2 Å². The zero-order chi connectivity index (χ0) is 25.0. The number of carboxylic acid groups (broad SMARTS) is 1. The van der Waals surface area contributed by atoms with Crippen LogP contribution in [0.4, 0.5) is 0 Å². The van der Waals surface area contributed by atoms with Gasteiger partial charge in [-0.25, -0.2) is 4.98 Å². The van der Waals surface area contributed by atoms with E-state index in [0.29, 0.717) is 11.4 Å². The van der Waals surface area contributed by atoms with E-state index in [-0.39, 0.29) is 25.7 Å². The summed E-state index contributed by atoms with van der Waals surface area (Å²) in [6, 6.07) is -4.38. The quantitative estimate of drug-likeness (QED) is 0.144. The van der Waals surface area contributed by atoms with E-state index in [1.165, 1.54) is 31.2 Å². The van der Waals surface area contributed by atoms with Crippen molar-refractivity contribution in [2.45, 2.75) is 56.8 Å². The molecule has 1 heterocycles. The van der Waals surface area contributed by atoms with E-state index < -0.39 is 53.8 Å². The largest absolute Gasteiger partial charge is 0.480 e. The lowest BCUT2D eigenvalue weighted by molar-refractivity contribution is -0.141. The van der Waals surface area contributed by atoms with Crippen molar-refractivity contribution < 1.29 is 29.1 Å². The first-order chi connectivity index (χ1) is 15.5. The van der Waals surface area contributed by atoms with Crippen LogP contribution in [-0.4, -0.2) is 80.8 Å². The number of aromatic nitrogens is 2. The summed E-state index contributed by atoms with van der Waals surface area (Å²) in [4.78, 5) is 66.9. The van der Waals surface area contributed by atoms with E-state index in [1.807, 2.05) is 6.26 Å². The number of imidazole rings is 1. The molecule has 13 nitrogen and oxygen atoms in total. The van der Waals surface area contributed by atoms with Gasteiger partial charge in [0.2, 0.25) is 23.6 Å². The van der Waals surface area contributed by atoms with Crippen LogP contribution in [-0.2, 0) is 30.4 Å². The molecule has 9 N–H and O–H groups in total. The number of carbonyl (C=O) groups excluding carboxylic acids is 4. The molecular formula is C19H31N7O6S. The van der Waals surface area contributed by atoms with E-state index in [9.17, 15) is 24.0 Å². The molecule has 0 aliphatic rings. The molecule has 4 atom stereocenters. The van der Waals surface area contributed by atoms with Crippen molar-refractivity contribution in [2.24, 2.45) is 11.5 Å². The summed E-state index contributed by atoms with van der Waals surface area (Å²) in [7, 11) is 0. The first kappa shape index (κ1) is 27.9. The van der Waals surface area contributed by atoms with Gasteiger partial charge in [-0.05, 0) is 31.8 Å². The Morgan fingerprint density at radius 2 is 1.70 bits per heavy atom. The average Bonchev–Trinajstić information content (AvgIpc) is 3.26. The third-order valence-corrected chi connectivity index (χ3v) is 5.26. The molecule has 4 unspecified atom stereocenters. The lowest BCUT2D eigenvalue weighted by Gasteiger charge is -2.24. The van der Waals surface area contributed by atoms with Crippen molar-refractivity contribution in [3.63, 3.8) is 0 Å². The predicted molar refractivity (Wildman–Crippen MR) is 121 cm³/mol. The summed E-state index contributed by atoms with van der Waals surface area (Å²) in [5.41, 5.74) is 11.7. The highest BCUT2D eigenvalue weighted by Gasteiger charge is 2.29. The van der Waals surface area contributed by atoms with E-state index in [0.717, 1.165) is 0 Å². The van der Waals surface area contributed by atoms with Gasteiger partial charge in [-0.15, -0.1) is 0 Å². The minimum absolute atomic E-state index is 0.105. The van der Waals surface area contributed by atoms with Crippen LogP contribution in [0, 0.1) is 0 Å². The van der Waals surface area contributed by atoms with Gasteiger partial charge < -0.3 is 37.5 Å². The second kappa shape index (κ2) is 14.1. The maximum absolute atomic E-state index is 12.9. The van der Waals surface area contributed by atoms with Gasteiger partial charge in [-0.3, -0.25) is 24.0 Å². The fraction of sp³-hybridized carbons (Fsp3) is 0.579. The normalized spacial score (nSPS) is 14.4. The van der Waals surface area contributed by atoms with Gasteiger partial charge in [-0.2, -0.15) is 11.8 Å². The fourth-order valence-electron chi connectivity index (χ4n) is 2.71. The second-order valence-corrected chi connectivity index (χ2v) is 8.35. The van der Waals surface area contributed by atoms with Gasteiger partial charge in [0.1, 0.15) is 18.1 Å². The van der Waals surface area contributed by atoms with Gasteiger partial charge in [-0.1, -0.05) is 0 Å².